The number of aldehydes is 1. The fourth-order valence-electron chi connectivity index (χ4n) is 2.36. The zero-order chi connectivity index (χ0) is 22.3. The maximum atomic E-state index is 11.4. The van der Waals surface area contributed by atoms with Gasteiger partial charge in [0.1, 0.15) is 14.6 Å². The van der Waals surface area contributed by atoms with Crippen molar-refractivity contribution in [3.05, 3.63) is 42.8 Å². The fourth-order valence-corrected chi connectivity index (χ4v) is 4.48. The van der Waals surface area contributed by atoms with Gasteiger partial charge in [-0.15, -0.1) is 22.7 Å². The van der Waals surface area contributed by atoms with Crippen molar-refractivity contribution in [3.63, 3.8) is 0 Å². The molecule has 9 heteroatoms. The number of aromatic carboxylic acids is 1. The Morgan fingerprint density at radius 3 is 1.72 bits per heavy atom. The zero-order valence-electron chi connectivity index (χ0n) is 17.1. The Morgan fingerprint density at radius 2 is 1.34 bits per heavy atom. The maximum Gasteiger partial charge on any atom is 0.348 e. The molecular weight excluding hydrogens is 416 g/mol. The van der Waals surface area contributed by atoms with Gasteiger partial charge >= 0.3 is 17.9 Å². The molecule has 0 aliphatic heterocycles. The van der Waals surface area contributed by atoms with Crippen LogP contribution in [0.15, 0.2) is 12.1 Å². The van der Waals surface area contributed by atoms with E-state index in [0.29, 0.717) is 14.6 Å². The van der Waals surface area contributed by atoms with Crippen molar-refractivity contribution >= 4 is 46.9 Å². The third-order valence-corrected chi connectivity index (χ3v) is 6.03. The van der Waals surface area contributed by atoms with Crippen LogP contribution in [0.5, 0.6) is 0 Å². The van der Waals surface area contributed by atoms with Crippen LogP contribution in [0.4, 0.5) is 0 Å². The molecule has 0 spiro atoms. The Hall–Kier alpha value is -2.52. The molecule has 2 aromatic heterocycles. The second kappa shape index (κ2) is 10.9. The Labute approximate surface area is 177 Å². The maximum absolute atomic E-state index is 11.4. The number of rotatable bonds is 6. The number of carbonyl (C=O) groups is 4. The number of carbonyl (C=O) groups excluding carboxylic acids is 3. The van der Waals surface area contributed by atoms with E-state index in [0.717, 1.165) is 28.7 Å². The molecule has 0 aliphatic carbocycles. The van der Waals surface area contributed by atoms with E-state index >= 15 is 0 Å². The van der Waals surface area contributed by atoms with Crippen LogP contribution in [-0.2, 0) is 9.47 Å². The number of hydrogen-bond acceptors (Lipinski definition) is 8. The molecule has 2 aromatic rings. The molecule has 2 rings (SSSR count). The first-order valence-electron chi connectivity index (χ1n) is 8.69. The van der Waals surface area contributed by atoms with Gasteiger partial charge < -0.3 is 14.6 Å². The second-order valence-corrected chi connectivity index (χ2v) is 8.68. The van der Waals surface area contributed by atoms with E-state index in [2.05, 4.69) is 9.47 Å². The molecule has 0 unspecified atom stereocenters. The number of ether oxygens (including phenoxy) is 2. The van der Waals surface area contributed by atoms with Crippen molar-refractivity contribution in [2.75, 3.05) is 14.2 Å². The van der Waals surface area contributed by atoms with Gasteiger partial charge in [-0.2, -0.15) is 0 Å². The molecule has 0 amide bonds. The van der Waals surface area contributed by atoms with E-state index in [-0.39, 0.29) is 22.7 Å². The van der Waals surface area contributed by atoms with Crippen LogP contribution < -0.4 is 0 Å². The molecule has 0 fully saturated rings. The number of methoxy groups -OCH3 is 2. The lowest BCUT2D eigenvalue weighted by Crippen LogP contribution is -2.02. The van der Waals surface area contributed by atoms with Gasteiger partial charge in [0.05, 0.1) is 19.1 Å². The van der Waals surface area contributed by atoms with Gasteiger partial charge in [0.25, 0.3) is 0 Å². The van der Waals surface area contributed by atoms with Crippen molar-refractivity contribution in [2.45, 2.75) is 39.5 Å². The molecule has 0 radical (unpaired) electrons. The van der Waals surface area contributed by atoms with Crippen LogP contribution in [-0.4, -0.2) is 43.5 Å². The van der Waals surface area contributed by atoms with Gasteiger partial charge in [-0.3, -0.25) is 4.79 Å². The standard InChI is InChI=1S/C10H12O4S.C10H12O3S/c1-5(2)6-4-7(9(11)12)15-8(6)10(13)14-3;1-6(2)8-4-7(5-11)14-9(8)10(12)13-3/h4-5H,1-3H3,(H,11,12);4-6H,1-3H3. The molecule has 1 N–H and O–H groups in total. The van der Waals surface area contributed by atoms with Gasteiger partial charge in [-0.05, 0) is 35.1 Å². The Morgan fingerprint density at radius 1 is 0.897 bits per heavy atom. The Balaban J connectivity index is 0.000000291. The van der Waals surface area contributed by atoms with E-state index in [1.807, 2.05) is 27.7 Å². The first kappa shape index (κ1) is 24.5. The highest BCUT2D eigenvalue weighted by molar-refractivity contribution is 7.16. The number of thiophene rings is 2. The Bertz CT molecular complexity index is 891. The van der Waals surface area contributed by atoms with Crippen LogP contribution in [0.2, 0.25) is 0 Å². The summed E-state index contributed by atoms with van der Waals surface area (Å²) in [5.41, 5.74) is 1.60. The number of hydrogen-bond donors (Lipinski definition) is 1. The molecular formula is C20H24O7S2. The smallest absolute Gasteiger partial charge is 0.348 e. The van der Waals surface area contributed by atoms with Gasteiger partial charge in [0, 0.05) is 0 Å². The molecule has 0 aliphatic rings. The summed E-state index contributed by atoms with van der Waals surface area (Å²) in [6.07, 6.45) is 0.753. The second-order valence-electron chi connectivity index (χ2n) is 6.54. The average Bonchev–Trinajstić information content (AvgIpc) is 3.32. The van der Waals surface area contributed by atoms with Crippen LogP contribution in [0.25, 0.3) is 0 Å². The van der Waals surface area contributed by atoms with Gasteiger partial charge in [0.15, 0.2) is 6.29 Å². The zero-order valence-corrected chi connectivity index (χ0v) is 18.7. The molecule has 29 heavy (non-hydrogen) atoms. The van der Waals surface area contributed by atoms with Crippen LogP contribution in [0, 0.1) is 0 Å². The number of carboxylic acid groups (broad SMARTS) is 1. The summed E-state index contributed by atoms with van der Waals surface area (Å²) >= 11 is 2.13. The third-order valence-electron chi connectivity index (χ3n) is 3.85. The van der Waals surface area contributed by atoms with Crippen LogP contribution >= 0.6 is 22.7 Å². The highest BCUT2D eigenvalue weighted by Crippen LogP contribution is 2.29. The van der Waals surface area contributed by atoms with Crippen molar-refractivity contribution in [1.29, 1.82) is 0 Å². The van der Waals surface area contributed by atoms with E-state index < -0.39 is 11.9 Å². The van der Waals surface area contributed by atoms with E-state index in [9.17, 15) is 19.2 Å². The summed E-state index contributed by atoms with van der Waals surface area (Å²) in [5.74, 6) is -1.54. The summed E-state index contributed by atoms with van der Waals surface area (Å²) in [6, 6.07) is 3.28. The minimum Gasteiger partial charge on any atom is -0.477 e. The molecule has 0 bridgehead atoms. The number of esters is 2. The van der Waals surface area contributed by atoms with Crippen LogP contribution in [0.3, 0.4) is 0 Å². The summed E-state index contributed by atoms with van der Waals surface area (Å²) in [4.78, 5) is 45.7. The SMILES string of the molecule is COC(=O)c1sc(C(=O)O)cc1C(C)C.COC(=O)c1sc(C=O)cc1C(C)C. The quantitative estimate of drug-likeness (QED) is 0.506. The normalized spacial score (nSPS) is 10.3. The molecule has 0 atom stereocenters. The molecule has 158 valence electrons. The molecule has 2 heterocycles. The van der Waals surface area contributed by atoms with Gasteiger partial charge in [-0.25, -0.2) is 14.4 Å². The molecule has 0 aromatic carbocycles. The van der Waals surface area contributed by atoms with E-state index in [1.54, 1.807) is 6.07 Å². The fraction of sp³-hybridized carbons (Fsp3) is 0.400. The molecule has 0 saturated carbocycles. The summed E-state index contributed by atoms with van der Waals surface area (Å²) in [7, 11) is 2.62. The summed E-state index contributed by atoms with van der Waals surface area (Å²) in [5, 5.41) is 8.82. The largest absolute Gasteiger partial charge is 0.477 e. The van der Waals surface area contributed by atoms with Crippen LogP contribution in [0.1, 0.15) is 89.3 Å². The third kappa shape index (κ3) is 6.23. The lowest BCUT2D eigenvalue weighted by atomic mass is 10.0. The minimum absolute atomic E-state index is 0.100. The van der Waals surface area contributed by atoms with Crippen molar-refractivity contribution < 1.29 is 33.8 Å². The van der Waals surface area contributed by atoms with Crippen molar-refractivity contribution in [2.24, 2.45) is 0 Å². The topological polar surface area (TPSA) is 107 Å². The number of carboxylic acids is 1. The first-order chi connectivity index (χ1) is 13.6. The highest BCUT2D eigenvalue weighted by atomic mass is 32.1. The lowest BCUT2D eigenvalue weighted by Gasteiger charge is -2.04. The first-order valence-corrected chi connectivity index (χ1v) is 10.3. The predicted molar refractivity (Wildman–Crippen MR) is 112 cm³/mol. The molecule has 0 saturated heterocycles. The lowest BCUT2D eigenvalue weighted by molar-refractivity contribution is 0.0595. The van der Waals surface area contributed by atoms with Gasteiger partial charge in [0.2, 0.25) is 0 Å². The monoisotopic (exact) mass is 440 g/mol. The van der Waals surface area contributed by atoms with E-state index in [1.165, 1.54) is 31.6 Å². The highest BCUT2D eigenvalue weighted by Gasteiger charge is 2.21. The van der Waals surface area contributed by atoms with Gasteiger partial charge in [-0.1, -0.05) is 27.7 Å². The Kier molecular flexibility index (Phi) is 9.19. The predicted octanol–water partition coefficient (Wildman–Crippen LogP) is 4.83. The molecule has 7 nitrogen and oxygen atoms in total. The summed E-state index contributed by atoms with van der Waals surface area (Å²) in [6.45, 7) is 7.76. The van der Waals surface area contributed by atoms with E-state index in [4.69, 9.17) is 5.11 Å². The van der Waals surface area contributed by atoms with Crippen molar-refractivity contribution in [3.8, 4) is 0 Å². The van der Waals surface area contributed by atoms with Crippen molar-refractivity contribution in [1.82, 2.24) is 0 Å². The average molecular weight is 441 g/mol. The summed E-state index contributed by atoms with van der Waals surface area (Å²) < 4.78 is 9.24. The minimum atomic E-state index is -1.02.